The molecular weight excluding hydrogens is 250 g/mol. The molecule has 0 atom stereocenters. The molecule has 4 nitrogen and oxygen atoms in total. The van der Waals surface area contributed by atoms with Crippen LogP contribution < -0.4 is 5.73 Å². The van der Waals surface area contributed by atoms with E-state index in [-0.39, 0.29) is 5.91 Å². The van der Waals surface area contributed by atoms with Crippen molar-refractivity contribution in [2.24, 2.45) is 5.73 Å². The number of unbranched alkanes of at least 4 members (excludes halogenated alkanes) is 1. The van der Waals surface area contributed by atoms with Crippen molar-refractivity contribution in [3.63, 3.8) is 0 Å². The van der Waals surface area contributed by atoms with Crippen LogP contribution in [0, 0.1) is 6.92 Å². The van der Waals surface area contributed by atoms with E-state index in [2.05, 4.69) is 4.90 Å². The van der Waals surface area contributed by atoms with Crippen molar-refractivity contribution in [2.45, 2.75) is 19.8 Å². The van der Waals surface area contributed by atoms with E-state index in [9.17, 15) is 4.79 Å². The Labute approximate surface area is 121 Å². The maximum Gasteiger partial charge on any atom is 0.253 e. The molecule has 0 saturated carbocycles. The van der Waals surface area contributed by atoms with Gasteiger partial charge in [-0.2, -0.15) is 0 Å². The molecule has 1 fully saturated rings. The molecular formula is C16H25N3O. The molecule has 0 aromatic heterocycles. The number of nitrogens with two attached hydrogens (primary N) is 1. The molecule has 0 radical (unpaired) electrons. The molecule has 0 spiro atoms. The highest BCUT2D eigenvalue weighted by Gasteiger charge is 2.21. The van der Waals surface area contributed by atoms with Gasteiger partial charge in [0, 0.05) is 31.7 Å². The van der Waals surface area contributed by atoms with Gasteiger partial charge < -0.3 is 10.6 Å². The van der Waals surface area contributed by atoms with Crippen LogP contribution in [-0.2, 0) is 0 Å². The van der Waals surface area contributed by atoms with Crippen LogP contribution in [0.15, 0.2) is 24.3 Å². The Hall–Kier alpha value is -1.39. The van der Waals surface area contributed by atoms with Crippen molar-refractivity contribution in [1.29, 1.82) is 0 Å². The van der Waals surface area contributed by atoms with E-state index in [1.807, 2.05) is 36.1 Å². The lowest BCUT2D eigenvalue weighted by molar-refractivity contribution is 0.0635. The number of carbonyl (C=O) groups is 1. The van der Waals surface area contributed by atoms with Gasteiger partial charge >= 0.3 is 0 Å². The second kappa shape index (κ2) is 7.41. The van der Waals surface area contributed by atoms with Gasteiger partial charge in [0.05, 0.1) is 0 Å². The average molecular weight is 275 g/mol. The SMILES string of the molecule is Cc1cccc(C(=O)N2CCN(CCCCN)CC2)c1. The van der Waals surface area contributed by atoms with Crippen LogP contribution in [0.3, 0.4) is 0 Å². The highest BCUT2D eigenvalue weighted by atomic mass is 16.2. The average Bonchev–Trinajstić information content (AvgIpc) is 2.47. The minimum atomic E-state index is 0.162. The third-order valence-electron chi connectivity index (χ3n) is 3.85. The zero-order chi connectivity index (χ0) is 14.4. The number of carbonyl (C=O) groups excluding carboxylic acids is 1. The van der Waals surface area contributed by atoms with Gasteiger partial charge in [-0.3, -0.25) is 9.69 Å². The van der Waals surface area contributed by atoms with Gasteiger partial charge in [0.25, 0.3) is 5.91 Å². The maximum absolute atomic E-state index is 12.4. The van der Waals surface area contributed by atoms with Crippen LogP contribution in [0.25, 0.3) is 0 Å². The molecule has 1 amide bonds. The van der Waals surface area contributed by atoms with Gasteiger partial charge in [-0.05, 0) is 45.0 Å². The monoisotopic (exact) mass is 275 g/mol. The summed E-state index contributed by atoms with van der Waals surface area (Å²) < 4.78 is 0. The molecule has 20 heavy (non-hydrogen) atoms. The first kappa shape index (κ1) is 15.0. The van der Waals surface area contributed by atoms with Crippen LogP contribution >= 0.6 is 0 Å². The number of nitrogens with zero attached hydrogens (tertiary/aromatic N) is 2. The lowest BCUT2D eigenvalue weighted by Crippen LogP contribution is -2.48. The largest absolute Gasteiger partial charge is 0.336 e. The summed E-state index contributed by atoms with van der Waals surface area (Å²) in [6.45, 7) is 7.50. The van der Waals surface area contributed by atoms with E-state index in [4.69, 9.17) is 5.73 Å². The summed E-state index contributed by atoms with van der Waals surface area (Å²) in [5.74, 6) is 0.162. The molecule has 0 unspecified atom stereocenters. The van der Waals surface area contributed by atoms with E-state index >= 15 is 0 Å². The number of amides is 1. The fraction of sp³-hybridized carbons (Fsp3) is 0.562. The van der Waals surface area contributed by atoms with Gasteiger partial charge in [0.2, 0.25) is 0 Å². The van der Waals surface area contributed by atoms with Crippen LogP contribution in [0.4, 0.5) is 0 Å². The van der Waals surface area contributed by atoms with E-state index in [0.29, 0.717) is 0 Å². The second-order valence-corrected chi connectivity index (χ2v) is 5.50. The Morgan fingerprint density at radius 3 is 2.60 bits per heavy atom. The zero-order valence-electron chi connectivity index (χ0n) is 12.3. The van der Waals surface area contributed by atoms with Gasteiger partial charge in [-0.25, -0.2) is 0 Å². The molecule has 1 aliphatic heterocycles. The molecule has 110 valence electrons. The normalized spacial score (nSPS) is 16.4. The molecule has 1 aliphatic rings. The molecule has 1 heterocycles. The van der Waals surface area contributed by atoms with E-state index in [1.165, 1.54) is 0 Å². The first-order valence-electron chi connectivity index (χ1n) is 7.49. The Kier molecular flexibility index (Phi) is 5.56. The molecule has 2 rings (SSSR count). The molecule has 1 aromatic carbocycles. The molecule has 1 aromatic rings. The van der Waals surface area contributed by atoms with Crippen molar-refractivity contribution in [2.75, 3.05) is 39.3 Å². The topological polar surface area (TPSA) is 49.6 Å². The van der Waals surface area contributed by atoms with Gasteiger partial charge in [-0.1, -0.05) is 17.7 Å². The first-order valence-corrected chi connectivity index (χ1v) is 7.49. The zero-order valence-corrected chi connectivity index (χ0v) is 12.3. The molecule has 0 bridgehead atoms. The number of piperazine rings is 1. The van der Waals surface area contributed by atoms with Crippen LogP contribution in [0.5, 0.6) is 0 Å². The molecule has 1 saturated heterocycles. The fourth-order valence-corrected chi connectivity index (χ4v) is 2.61. The smallest absolute Gasteiger partial charge is 0.253 e. The highest BCUT2D eigenvalue weighted by Crippen LogP contribution is 2.11. The number of benzene rings is 1. The van der Waals surface area contributed by atoms with Crippen LogP contribution in [-0.4, -0.2) is 55.0 Å². The quantitative estimate of drug-likeness (QED) is 0.828. The Bertz CT molecular complexity index is 439. The van der Waals surface area contributed by atoms with Gasteiger partial charge in [-0.15, -0.1) is 0 Å². The van der Waals surface area contributed by atoms with Gasteiger partial charge in [0.15, 0.2) is 0 Å². The molecule has 2 N–H and O–H groups in total. The standard InChI is InChI=1S/C16H25N3O/c1-14-5-4-6-15(13-14)16(20)19-11-9-18(10-12-19)8-3-2-7-17/h4-6,13H,2-3,7-12,17H2,1H3. The number of aryl methyl sites for hydroxylation is 1. The summed E-state index contributed by atoms with van der Waals surface area (Å²) >= 11 is 0. The highest BCUT2D eigenvalue weighted by molar-refractivity contribution is 5.94. The van der Waals surface area contributed by atoms with E-state index < -0.39 is 0 Å². The van der Waals surface area contributed by atoms with E-state index in [0.717, 1.165) is 63.2 Å². The number of hydrogen-bond acceptors (Lipinski definition) is 3. The summed E-state index contributed by atoms with van der Waals surface area (Å²) in [5, 5.41) is 0. The maximum atomic E-state index is 12.4. The summed E-state index contributed by atoms with van der Waals surface area (Å²) in [7, 11) is 0. The summed E-state index contributed by atoms with van der Waals surface area (Å²) in [6, 6.07) is 7.84. The first-order chi connectivity index (χ1) is 9.70. The van der Waals surface area contributed by atoms with Crippen LogP contribution in [0.2, 0.25) is 0 Å². The van der Waals surface area contributed by atoms with Crippen molar-refractivity contribution in [3.05, 3.63) is 35.4 Å². The van der Waals surface area contributed by atoms with Gasteiger partial charge in [0.1, 0.15) is 0 Å². The minimum Gasteiger partial charge on any atom is -0.336 e. The summed E-state index contributed by atoms with van der Waals surface area (Å²) in [6.07, 6.45) is 2.24. The van der Waals surface area contributed by atoms with Crippen molar-refractivity contribution in [1.82, 2.24) is 9.80 Å². The lowest BCUT2D eigenvalue weighted by Gasteiger charge is -2.34. The Balaban J connectivity index is 1.83. The summed E-state index contributed by atoms with van der Waals surface area (Å²) in [4.78, 5) is 16.8. The van der Waals surface area contributed by atoms with Crippen LogP contribution in [0.1, 0.15) is 28.8 Å². The Morgan fingerprint density at radius 2 is 1.95 bits per heavy atom. The fourth-order valence-electron chi connectivity index (χ4n) is 2.61. The summed E-state index contributed by atoms with van der Waals surface area (Å²) in [5.41, 5.74) is 7.45. The third-order valence-corrected chi connectivity index (χ3v) is 3.85. The van der Waals surface area contributed by atoms with Crippen molar-refractivity contribution >= 4 is 5.91 Å². The third kappa shape index (κ3) is 4.05. The Morgan fingerprint density at radius 1 is 1.20 bits per heavy atom. The number of hydrogen-bond donors (Lipinski definition) is 1. The predicted molar refractivity (Wildman–Crippen MR) is 81.8 cm³/mol. The molecule has 4 heteroatoms. The lowest BCUT2D eigenvalue weighted by atomic mass is 10.1. The molecule has 0 aliphatic carbocycles. The second-order valence-electron chi connectivity index (χ2n) is 5.50. The van der Waals surface area contributed by atoms with E-state index in [1.54, 1.807) is 0 Å². The minimum absolute atomic E-state index is 0.162. The predicted octanol–water partition coefficient (Wildman–Crippen LogP) is 1.49. The van der Waals surface area contributed by atoms with Crippen molar-refractivity contribution < 1.29 is 4.79 Å². The van der Waals surface area contributed by atoms with Crippen molar-refractivity contribution in [3.8, 4) is 0 Å². The number of rotatable bonds is 5.